The van der Waals surface area contributed by atoms with E-state index in [-0.39, 0.29) is 10.7 Å². The molecule has 40 valence electrons. The van der Waals surface area contributed by atoms with Crippen LogP contribution in [0.4, 0.5) is 4.70 Å². The number of hydrogen-bond donors (Lipinski definition) is 0. The summed E-state index contributed by atoms with van der Waals surface area (Å²) < 4.78 is 4.33. The molecule has 0 fully saturated rings. The van der Waals surface area contributed by atoms with E-state index >= 15 is 0 Å². The number of carbonyl (C=O) groups is 1. The van der Waals surface area contributed by atoms with Gasteiger partial charge in [0.25, 0.3) is 0 Å². The molecule has 0 aliphatic carbocycles. The predicted molar refractivity (Wildman–Crippen MR) is 22.4 cm³/mol. The molecule has 0 spiro atoms. The molecule has 0 unspecified atom stereocenters. The summed E-state index contributed by atoms with van der Waals surface area (Å²) in [5.74, 6) is -0.157. The number of ether oxygens (including phenoxy) is 1. The highest BCUT2D eigenvalue weighted by atomic mass is 19.0. The summed E-state index contributed by atoms with van der Waals surface area (Å²) in [7, 11) is 0. The second kappa shape index (κ2) is 2.34. The highest BCUT2D eigenvalue weighted by Gasteiger charge is 2.00. The van der Waals surface area contributed by atoms with Gasteiger partial charge in [-0.3, -0.25) is 9.50 Å². The minimum absolute atomic E-state index is 0. The third-order valence-electron chi connectivity index (χ3n) is 0.580. The van der Waals surface area contributed by atoms with Crippen molar-refractivity contribution in [2.24, 2.45) is 0 Å². The van der Waals surface area contributed by atoms with Crippen LogP contribution in [0.3, 0.4) is 0 Å². The van der Waals surface area contributed by atoms with E-state index in [1.165, 1.54) is 6.26 Å². The Hall–Kier alpha value is -0.860. The van der Waals surface area contributed by atoms with Crippen LogP contribution < -0.4 is 0 Å². The van der Waals surface area contributed by atoms with Gasteiger partial charge < -0.3 is 4.74 Å². The Kier molecular flexibility index (Phi) is 2.05. The van der Waals surface area contributed by atoms with Crippen LogP contribution >= 0.6 is 0 Å². The molecule has 0 N–H and O–H groups in total. The van der Waals surface area contributed by atoms with E-state index in [0.717, 1.165) is 0 Å². The molecule has 0 radical (unpaired) electrons. The average molecular weight is 104 g/mol. The molecule has 1 aliphatic rings. The van der Waals surface area contributed by atoms with Gasteiger partial charge in [0.1, 0.15) is 0 Å². The summed E-state index contributed by atoms with van der Waals surface area (Å²) in [5, 5.41) is 0. The van der Waals surface area contributed by atoms with Gasteiger partial charge >= 0.3 is 5.97 Å². The van der Waals surface area contributed by atoms with E-state index in [0.29, 0.717) is 6.42 Å². The normalized spacial score (nSPS) is 15.7. The van der Waals surface area contributed by atoms with Crippen LogP contribution in [0, 0.1) is 0 Å². The molecule has 1 rings (SSSR count). The number of rotatable bonds is 0. The molecule has 0 aromatic carbocycles. The molecule has 0 bridgehead atoms. The fourth-order valence-corrected chi connectivity index (χ4v) is 0.316. The lowest BCUT2D eigenvalue weighted by molar-refractivity contribution is -0.135. The Morgan fingerprint density at radius 1 is 1.71 bits per heavy atom. The van der Waals surface area contributed by atoms with E-state index in [2.05, 4.69) is 4.74 Å². The zero-order chi connectivity index (χ0) is 4.41. The van der Waals surface area contributed by atoms with Gasteiger partial charge in [-0.25, -0.2) is 0 Å². The Morgan fingerprint density at radius 2 is 2.43 bits per heavy atom. The van der Waals surface area contributed by atoms with Crippen LogP contribution in [-0.2, 0) is 9.53 Å². The molecule has 1 aliphatic heterocycles. The van der Waals surface area contributed by atoms with Gasteiger partial charge in [-0.05, 0) is 6.08 Å². The van der Waals surface area contributed by atoms with Gasteiger partial charge in [-0.2, -0.15) is 0 Å². The monoisotopic (exact) mass is 104 g/mol. The molecular weight excluding hydrogens is 99.0 g/mol. The van der Waals surface area contributed by atoms with Crippen molar-refractivity contribution in [3.63, 3.8) is 0 Å². The summed E-state index contributed by atoms with van der Waals surface area (Å²) in [4.78, 5) is 9.96. The first kappa shape index (κ1) is 6.14. The lowest BCUT2D eigenvalue weighted by Gasteiger charge is -1.78. The average Bonchev–Trinajstić information content (AvgIpc) is 1.86. The second-order valence-corrected chi connectivity index (χ2v) is 1.07. The van der Waals surface area contributed by atoms with Crippen LogP contribution in [0.1, 0.15) is 6.42 Å². The first-order chi connectivity index (χ1) is 2.89. The molecule has 0 amide bonds. The van der Waals surface area contributed by atoms with Crippen molar-refractivity contribution < 1.29 is 14.2 Å². The van der Waals surface area contributed by atoms with Gasteiger partial charge in [0.05, 0.1) is 12.7 Å². The molecule has 0 aromatic rings. The van der Waals surface area contributed by atoms with Crippen molar-refractivity contribution >= 4 is 5.97 Å². The molecule has 0 aromatic heterocycles. The van der Waals surface area contributed by atoms with Crippen molar-refractivity contribution in [1.82, 2.24) is 0 Å². The summed E-state index contributed by atoms with van der Waals surface area (Å²) in [6.07, 6.45) is 3.53. The topological polar surface area (TPSA) is 26.3 Å². The van der Waals surface area contributed by atoms with Crippen molar-refractivity contribution in [3.8, 4) is 0 Å². The van der Waals surface area contributed by atoms with Crippen LogP contribution in [0.25, 0.3) is 0 Å². The van der Waals surface area contributed by atoms with E-state index in [1.807, 2.05) is 0 Å². The maximum Gasteiger partial charge on any atom is 0.314 e. The smallest absolute Gasteiger partial charge is 0.314 e. The lowest BCUT2D eigenvalue weighted by Crippen LogP contribution is -1.87. The highest BCUT2D eigenvalue weighted by molar-refractivity contribution is 5.73. The van der Waals surface area contributed by atoms with E-state index in [4.69, 9.17) is 0 Å². The summed E-state index contributed by atoms with van der Waals surface area (Å²) in [5.41, 5.74) is 0. The number of esters is 1. The molecule has 7 heavy (non-hydrogen) atoms. The third-order valence-corrected chi connectivity index (χ3v) is 0.580. The lowest BCUT2D eigenvalue weighted by atomic mass is 10.5. The molecule has 3 heteroatoms. The molecule has 0 atom stereocenters. The van der Waals surface area contributed by atoms with Crippen LogP contribution in [0.5, 0.6) is 0 Å². The molecule has 0 saturated carbocycles. The SMILES string of the molecule is F.O=C1CC=CO1. The Labute approximate surface area is 40.1 Å². The second-order valence-electron chi connectivity index (χ2n) is 1.07. The summed E-state index contributed by atoms with van der Waals surface area (Å²) in [6.45, 7) is 0. The maximum absolute atomic E-state index is 9.96. The molecular formula is C4H5FO2. The van der Waals surface area contributed by atoms with E-state index in [9.17, 15) is 4.79 Å². The number of carbonyl (C=O) groups excluding carboxylic acids is 1. The maximum atomic E-state index is 9.96. The number of cyclic esters (lactones) is 1. The Bertz CT molecular complexity index is 87.9. The minimum Gasteiger partial charge on any atom is -0.435 e. The highest BCUT2D eigenvalue weighted by Crippen LogP contribution is 1.96. The molecule has 2 nitrogen and oxygen atoms in total. The van der Waals surface area contributed by atoms with Crippen LogP contribution in [0.2, 0.25) is 0 Å². The fraction of sp³-hybridized carbons (Fsp3) is 0.250. The van der Waals surface area contributed by atoms with E-state index < -0.39 is 0 Å². The largest absolute Gasteiger partial charge is 0.435 e. The molecule has 0 saturated heterocycles. The zero-order valence-electron chi connectivity index (χ0n) is 3.59. The number of hydrogen-bond acceptors (Lipinski definition) is 2. The summed E-state index contributed by atoms with van der Waals surface area (Å²) in [6, 6.07) is 0. The molecule has 1 heterocycles. The Balaban J connectivity index is 0.000000360. The van der Waals surface area contributed by atoms with Crippen molar-refractivity contribution in [2.75, 3.05) is 0 Å². The first-order valence-electron chi connectivity index (χ1n) is 1.74. The van der Waals surface area contributed by atoms with E-state index in [1.54, 1.807) is 6.08 Å². The summed E-state index contributed by atoms with van der Waals surface area (Å²) >= 11 is 0. The zero-order valence-corrected chi connectivity index (χ0v) is 3.59. The van der Waals surface area contributed by atoms with Gasteiger partial charge in [-0.15, -0.1) is 0 Å². The van der Waals surface area contributed by atoms with Gasteiger partial charge in [-0.1, -0.05) is 0 Å². The first-order valence-corrected chi connectivity index (χ1v) is 1.74. The van der Waals surface area contributed by atoms with Crippen LogP contribution in [0.15, 0.2) is 12.3 Å². The third kappa shape index (κ3) is 1.34. The van der Waals surface area contributed by atoms with Crippen molar-refractivity contribution in [1.29, 1.82) is 0 Å². The van der Waals surface area contributed by atoms with Crippen molar-refractivity contribution in [3.05, 3.63) is 12.3 Å². The van der Waals surface area contributed by atoms with Gasteiger partial charge in [0, 0.05) is 0 Å². The van der Waals surface area contributed by atoms with Crippen molar-refractivity contribution in [2.45, 2.75) is 6.42 Å². The quantitative estimate of drug-likeness (QED) is 0.420. The minimum atomic E-state index is -0.157. The van der Waals surface area contributed by atoms with Gasteiger partial charge in [0.2, 0.25) is 0 Å². The Morgan fingerprint density at radius 3 is 2.57 bits per heavy atom. The standard InChI is InChI=1S/C4H4O2.FH/c5-4-2-1-3-6-4;/h1,3H,2H2;1H. The van der Waals surface area contributed by atoms with Crippen LogP contribution in [-0.4, -0.2) is 5.97 Å². The fourth-order valence-electron chi connectivity index (χ4n) is 0.316. The van der Waals surface area contributed by atoms with Gasteiger partial charge in [0.15, 0.2) is 0 Å². The number of halogens is 1. The predicted octanol–water partition coefficient (Wildman–Crippen LogP) is 0.599.